The second kappa shape index (κ2) is 8.81. The minimum absolute atomic E-state index is 0.0234. The maximum atomic E-state index is 12.5. The molecule has 2 N–H and O–H groups in total. The van der Waals surface area contributed by atoms with Crippen molar-refractivity contribution in [2.45, 2.75) is 0 Å². The zero-order valence-corrected chi connectivity index (χ0v) is 16.6. The number of carbonyl (C=O) groups excluding carboxylic acids is 1. The smallest absolute Gasteiger partial charge is 0.243 e. The molecule has 1 heterocycles. The van der Waals surface area contributed by atoms with Gasteiger partial charge in [0.25, 0.3) is 0 Å². The highest BCUT2D eigenvalue weighted by Crippen LogP contribution is 2.35. The third kappa shape index (κ3) is 4.47. The first kappa shape index (κ1) is 19.8. The predicted octanol–water partition coefficient (Wildman–Crippen LogP) is 3.64. The molecule has 0 bridgehead atoms. The SMILES string of the molecule is COc1cc(NCC(=O)Nc2cc(Cl)ccc2-n2cncn2)c(OC)cc1Cl. The average molecular weight is 422 g/mol. The molecule has 8 nitrogen and oxygen atoms in total. The molecule has 28 heavy (non-hydrogen) atoms. The summed E-state index contributed by atoms with van der Waals surface area (Å²) in [4.78, 5) is 16.4. The van der Waals surface area contributed by atoms with Crippen LogP contribution in [0, 0.1) is 0 Å². The van der Waals surface area contributed by atoms with Crippen LogP contribution in [0.5, 0.6) is 11.5 Å². The molecular weight excluding hydrogens is 405 g/mol. The molecule has 0 atom stereocenters. The van der Waals surface area contributed by atoms with E-state index >= 15 is 0 Å². The Labute approximate surface area is 171 Å². The van der Waals surface area contributed by atoms with Gasteiger partial charge in [0.1, 0.15) is 24.2 Å². The Morgan fingerprint density at radius 3 is 2.57 bits per heavy atom. The highest BCUT2D eigenvalue weighted by Gasteiger charge is 2.13. The molecule has 10 heteroatoms. The van der Waals surface area contributed by atoms with Crippen LogP contribution in [0.1, 0.15) is 0 Å². The number of rotatable bonds is 7. The fraction of sp³-hybridized carbons (Fsp3) is 0.167. The molecule has 1 amide bonds. The molecule has 2 aromatic carbocycles. The molecule has 0 aliphatic heterocycles. The second-order valence-electron chi connectivity index (χ2n) is 5.59. The van der Waals surface area contributed by atoms with E-state index in [0.717, 1.165) is 0 Å². The minimum Gasteiger partial charge on any atom is -0.495 e. The van der Waals surface area contributed by atoms with Crippen LogP contribution in [-0.2, 0) is 4.79 Å². The van der Waals surface area contributed by atoms with Gasteiger partial charge in [-0.15, -0.1) is 0 Å². The third-order valence-electron chi connectivity index (χ3n) is 3.81. The van der Waals surface area contributed by atoms with Crippen molar-refractivity contribution in [3.8, 4) is 17.2 Å². The Kier molecular flexibility index (Phi) is 6.23. The van der Waals surface area contributed by atoms with E-state index in [1.165, 1.54) is 31.6 Å². The molecule has 0 saturated carbocycles. The van der Waals surface area contributed by atoms with Crippen molar-refractivity contribution in [2.75, 3.05) is 31.4 Å². The monoisotopic (exact) mass is 421 g/mol. The molecule has 0 unspecified atom stereocenters. The van der Waals surface area contributed by atoms with E-state index in [9.17, 15) is 4.79 Å². The lowest BCUT2D eigenvalue weighted by Gasteiger charge is -2.15. The average Bonchev–Trinajstić information content (AvgIpc) is 3.21. The maximum absolute atomic E-state index is 12.5. The number of aromatic nitrogens is 3. The van der Waals surface area contributed by atoms with Crippen LogP contribution in [0.4, 0.5) is 11.4 Å². The van der Waals surface area contributed by atoms with Crippen LogP contribution in [0.25, 0.3) is 5.69 Å². The zero-order valence-electron chi connectivity index (χ0n) is 15.1. The van der Waals surface area contributed by atoms with Crippen LogP contribution in [0.15, 0.2) is 43.0 Å². The Morgan fingerprint density at radius 1 is 1.11 bits per heavy atom. The van der Waals surface area contributed by atoms with Gasteiger partial charge in [-0.3, -0.25) is 4.79 Å². The van der Waals surface area contributed by atoms with Gasteiger partial charge in [-0.05, 0) is 18.2 Å². The Hall–Kier alpha value is -2.97. The van der Waals surface area contributed by atoms with Gasteiger partial charge in [-0.1, -0.05) is 23.2 Å². The number of carbonyl (C=O) groups is 1. The van der Waals surface area contributed by atoms with Crippen LogP contribution in [0.2, 0.25) is 10.0 Å². The lowest BCUT2D eigenvalue weighted by molar-refractivity contribution is -0.114. The normalized spacial score (nSPS) is 10.4. The highest BCUT2D eigenvalue weighted by molar-refractivity contribution is 6.32. The highest BCUT2D eigenvalue weighted by atomic mass is 35.5. The number of nitrogens with one attached hydrogen (secondary N) is 2. The number of hydrogen-bond donors (Lipinski definition) is 2. The fourth-order valence-electron chi connectivity index (χ4n) is 2.51. The van der Waals surface area contributed by atoms with Crippen molar-refractivity contribution < 1.29 is 14.3 Å². The first-order valence-electron chi connectivity index (χ1n) is 8.11. The van der Waals surface area contributed by atoms with E-state index < -0.39 is 0 Å². The zero-order chi connectivity index (χ0) is 20.1. The topological polar surface area (TPSA) is 90.3 Å². The van der Waals surface area contributed by atoms with Crippen molar-refractivity contribution in [2.24, 2.45) is 0 Å². The van der Waals surface area contributed by atoms with Crippen molar-refractivity contribution in [3.05, 3.63) is 53.0 Å². The summed E-state index contributed by atoms with van der Waals surface area (Å²) in [6.07, 6.45) is 2.93. The van der Waals surface area contributed by atoms with Gasteiger partial charge < -0.3 is 20.1 Å². The van der Waals surface area contributed by atoms with Crippen molar-refractivity contribution >= 4 is 40.5 Å². The lowest BCUT2D eigenvalue weighted by Crippen LogP contribution is -2.23. The largest absolute Gasteiger partial charge is 0.495 e. The molecule has 0 spiro atoms. The standard InChI is InChI=1S/C18H17Cl2N5O3/c1-27-16-7-14(17(28-2)6-12(16)20)22-8-18(26)24-13-5-11(19)3-4-15(13)25-10-21-9-23-25/h3-7,9-10,22H,8H2,1-2H3,(H,24,26). The lowest BCUT2D eigenvalue weighted by atomic mass is 10.2. The number of benzene rings is 2. The van der Waals surface area contributed by atoms with Crippen LogP contribution in [-0.4, -0.2) is 41.4 Å². The Bertz CT molecular complexity index is 980. The molecule has 3 aromatic rings. The summed E-state index contributed by atoms with van der Waals surface area (Å²) in [5.41, 5.74) is 1.72. The first-order chi connectivity index (χ1) is 13.5. The fourth-order valence-corrected chi connectivity index (χ4v) is 2.91. The van der Waals surface area contributed by atoms with Gasteiger partial charge in [-0.25, -0.2) is 9.67 Å². The summed E-state index contributed by atoms with van der Waals surface area (Å²) >= 11 is 12.2. The quantitative estimate of drug-likeness (QED) is 0.604. The van der Waals surface area contributed by atoms with E-state index in [1.807, 2.05) is 0 Å². The number of halogens is 2. The number of ether oxygens (including phenoxy) is 2. The Morgan fingerprint density at radius 2 is 1.89 bits per heavy atom. The number of anilines is 2. The van der Waals surface area contributed by atoms with Crippen molar-refractivity contribution in [1.29, 1.82) is 0 Å². The van der Waals surface area contributed by atoms with E-state index in [2.05, 4.69) is 20.7 Å². The van der Waals surface area contributed by atoms with Crippen molar-refractivity contribution in [3.63, 3.8) is 0 Å². The van der Waals surface area contributed by atoms with Gasteiger partial charge >= 0.3 is 0 Å². The Balaban J connectivity index is 1.75. The van der Waals surface area contributed by atoms with Crippen LogP contribution in [0.3, 0.4) is 0 Å². The van der Waals surface area contributed by atoms with Gasteiger partial charge in [0.05, 0.1) is 42.8 Å². The number of amides is 1. The van der Waals surface area contributed by atoms with Gasteiger partial charge in [0, 0.05) is 17.2 Å². The molecule has 3 rings (SSSR count). The molecular formula is C18H17Cl2N5O3. The van der Waals surface area contributed by atoms with Gasteiger partial charge in [0.15, 0.2) is 0 Å². The molecule has 0 radical (unpaired) electrons. The minimum atomic E-state index is -0.292. The third-order valence-corrected chi connectivity index (χ3v) is 4.34. The van der Waals surface area contributed by atoms with E-state index in [4.69, 9.17) is 32.7 Å². The molecule has 0 aliphatic rings. The van der Waals surface area contributed by atoms with Gasteiger partial charge in [-0.2, -0.15) is 5.10 Å². The second-order valence-corrected chi connectivity index (χ2v) is 6.43. The maximum Gasteiger partial charge on any atom is 0.243 e. The number of methoxy groups -OCH3 is 2. The molecule has 0 aliphatic carbocycles. The van der Waals surface area contributed by atoms with E-state index in [1.54, 1.807) is 30.3 Å². The molecule has 0 saturated heterocycles. The van der Waals surface area contributed by atoms with Crippen LogP contribution >= 0.6 is 23.2 Å². The molecule has 146 valence electrons. The van der Waals surface area contributed by atoms with Crippen LogP contribution < -0.4 is 20.1 Å². The molecule has 0 fully saturated rings. The number of nitrogens with zero attached hydrogens (tertiary/aromatic N) is 3. The van der Waals surface area contributed by atoms with Crippen molar-refractivity contribution in [1.82, 2.24) is 14.8 Å². The summed E-state index contributed by atoms with van der Waals surface area (Å²) in [6.45, 7) is -0.0234. The summed E-state index contributed by atoms with van der Waals surface area (Å²) < 4.78 is 12.0. The molecule has 1 aromatic heterocycles. The first-order valence-corrected chi connectivity index (χ1v) is 8.87. The summed E-state index contributed by atoms with van der Waals surface area (Å²) in [5.74, 6) is 0.665. The van der Waals surface area contributed by atoms with Gasteiger partial charge in [0.2, 0.25) is 5.91 Å². The summed E-state index contributed by atoms with van der Waals surface area (Å²) in [6, 6.07) is 8.36. The van der Waals surface area contributed by atoms with E-state index in [0.29, 0.717) is 38.6 Å². The number of hydrogen-bond acceptors (Lipinski definition) is 6. The summed E-state index contributed by atoms with van der Waals surface area (Å²) in [7, 11) is 3.02. The van der Waals surface area contributed by atoms with E-state index in [-0.39, 0.29) is 12.5 Å². The summed E-state index contributed by atoms with van der Waals surface area (Å²) in [5, 5.41) is 10.8. The predicted molar refractivity (Wildman–Crippen MR) is 108 cm³/mol.